The predicted octanol–water partition coefficient (Wildman–Crippen LogP) is 4.38. The van der Waals surface area contributed by atoms with Crippen LogP contribution in [0.15, 0.2) is 30.3 Å². The first kappa shape index (κ1) is 15.2. The van der Waals surface area contributed by atoms with E-state index in [2.05, 4.69) is 70.3 Å². The zero-order valence-corrected chi connectivity index (χ0v) is 12.7. The van der Waals surface area contributed by atoms with Crippen molar-refractivity contribution in [3.63, 3.8) is 0 Å². The highest BCUT2D eigenvalue weighted by Crippen LogP contribution is 2.32. The van der Waals surface area contributed by atoms with Crippen molar-refractivity contribution in [2.75, 3.05) is 6.54 Å². The number of rotatable bonds is 7. The Hall–Kier alpha value is -0.820. The van der Waals surface area contributed by atoms with E-state index < -0.39 is 0 Å². The molecule has 1 N–H and O–H groups in total. The molecule has 1 aromatic rings. The molecule has 0 spiro atoms. The zero-order chi connectivity index (χ0) is 13.6. The van der Waals surface area contributed by atoms with Crippen molar-refractivity contribution in [3.05, 3.63) is 35.9 Å². The lowest BCUT2D eigenvalue weighted by Gasteiger charge is -2.39. The van der Waals surface area contributed by atoms with Gasteiger partial charge in [-0.1, -0.05) is 71.4 Å². The Labute approximate surface area is 113 Å². The third kappa shape index (κ3) is 3.58. The second-order valence-electron chi connectivity index (χ2n) is 5.91. The second-order valence-corrected chi connectivity index (χ2v) is 5.91. The molecule has 1 heteroatoms. The molecule has 1 nitrogen and oxygen atoms in total. The van der Waals surface area contributed by atoms with E-state index in [4.69, 9.17) is 0 Å². The summed E-state index contributed by atoms with van der Waals surface area (Å²) in [6, 6.07) is 11.4. The van der Waals surface area contributed by atoms with Crippen molar-refractivity contribution in [1.82, 2.24) is 5.32 Å². The molecule has 102 valence electrons. The Morgan fingerprint density at radius 3 is 2.22 bits per heavy atom. The Kier molecular flexibility index (Phi) is 5.87. The normalized spacial score (nSPS) is 15.4. The van der Waals surface area contributed by atoms with Crippen LogP contribution in [0.5, 0.6) is 0 Å². The van der Waals surface area contributed by atoms with Crippen molar-refractivity contribution in [1.29, 1.82) is 0 Å². The van der Waals surface area contributed by atoms with Crippen LogP contribution in [-0.4, -0.2) is 12.6 Å². The van der Waals surface area contributed by atoms with Crippen LogP contribution in [0.25, 0.3) is 0 Å². The first-order valence-electron chi connectivity index (χ1n) is 7.32. The van der Waals surface area contributed by atoms with Gasteiger partial charge in [-0.3, -0.25) is 0 Å². The quantitative estimate of drug-likeness (QED) is 0.754. The number of benzene rings is 1. The maximum Gasteiger partial charge on any atom is 0.0184 e. The van der Waals surface area contributed by atoms with E-state index in [1.807, 2.05) is 0 Å². The fourth-order valence-electron chi connectivity index (χ4n) is 2.75. The summed E-state index contributed by atoms with van der Waals surface area (Å²) in [4.78, 5) is 0. The van der Waals surface area contributed by atoms with Crippen molar-refractivity contribution in [2.24, 2.45) is 5.92 Å². The maximum atomic E-state index is 3.76. The van der Waals surface area contributed by atoms with Crippen molar-refractivity contribution >= 4 is 0 Å². The van der Waals surface area contributed by atoms with Crippen molar-refractivity contribution < 1.29 is 0 Å². The van der Waals surface area contributed by atoms with Gasteiger partial charge < -0.3 is 5.32 Å². The van der Waals surface area contributed by atoms with Gasteiger partial charge in [0, 0.05) is 11.5 Å². The smallest absolute Gasteiger partial charge is 0.0184 e. The first-order valence-corrected chi connectivity index (χ1v) is 7.32. The molecule has 0 aliphatic rings. The Bertz CT molecular complexity index is 329. The van der Waals surface area contributed by atoms with E-state index in [1.165, 1.54) is 18.4 Å². The fourth-order valence-corrected chi connectivity index (χ4v) is 2.75. The summed E-state index contributed by atoms with van der Waals surface area (Å²) >= 11 is 0. The van der Waals surface area contributed by atoms with Gasteiger partial charge in [0.1, 0.15) is 0 Å². The van der Waals surface area contributed by atoms with Crippen molar-refractivity contribution in [3.8, 4) is 0 Å². The average molecular weight is 247 g/mol. The van der Waals surface area contributed by atoms with Gasteiger partial charge in [-0.15, -0.1) is 0 Å². The van der Waals surface area contributed by atoms with Crippen LogP contribution < -0.4 is 5.32 Å². The Morgan fingerprint density at radius 1 is 1.11 bits per heavy atom. The van der Waals surface area contributed by atoms with Crippen LogP contribution in [0.4, 0.5) is 0 Å². The molecule has 1 aromatic carbocycles. The zero-order valence-electron chi connectivity index (χ0n) is 12.7. The summed E-state index contributed by atoms with van der Waals surface area (Å²) in [6.07, 6.45) is 2.41. The highest BCUT2D eigenvalue weighted by molar-refractivity contribution is 5.26. The van der Waals surface area contributed by atoms with E-state index in [1.54, 1.807) is 0 Å². The molecule has 1 rings (SSSR count). The Morgan fingerprint density at radius 2 is 1.72 bits per heavy atom. The summed E-state index contributed by atoms with van der Waals surface area (Å²) in [5.41, 5.74) is 1.60. The van der Waals surface area contributed by atoms with Crippen LogP contribution in [0.3, 0.4) is 0 Å². The van der Waals surface area contributed by atoms with Crippen LogP contribution >= 0.6 is 0 Å². The summed E-state index contributed by atoms with van der Waals surface area (Å²) in [5.74, 6) is 0.687. The van der Waals surface area contributed by atoms with Gasteiger partial charge in [0.2, 0.25) is 0 Å². The van der Waals surface area contributed by atoms with Crippen LogP contribution in [0, 0.1) is 5.92 Å². The Balaban J connectivity index is 2.95. The summed E-state index contributed by atoms with van der Waals surface area (Å²) in [6.45, 7) is 12.7. The molecule has 0 aliphatic heterocycles. The molecular weight excluding hydrogens is 218 g/mol. The van der Waals surface area contributed by atoms with E-state index >= 15 is 0 Å². The summed E-state index contributed by atoms with van der Waals surface area (Å²) < 4.78 is 0. The number of hydrogen-bond donors (Lipinski definition) is 1. The fraction of sp³-hybridized carbons (Fsp3) is 0.647. The number of hydrogen-bond acceptors (Lipinski definition) is 1. The summed E-state index contributed by atoms with van der Waals surface area (Å²) in [7, 11) is 0. The SMILES string of the molecule is CCCNC(C(C)CC)C(C)(C)c1ccccc1. The predicted molar refractivity (Wildman–Crippen MR) is 81.0 cm³/mol. The molecule has 0 fully saturated rings. The molecule has 0 radical (unpaired) electrons. The van der Waals surface area contributed by atoms with Gasteiger partial charge in [-0.2, -0.15) is 0 Å². The largest absolute Gasteiger partial charge is 0.313 e. The maximum absolute atomic E-state index is 3.76. The van der Waals surface area contributed by atoms with E-state index in [-0.39, 0.29) is 5.41 Å². The molecule has 0 saturated heterocycles. The molecule has 0 heterocycles. The molecular formula is C17H29N. The minimum absolute atomic E-state index is 0.172. The van der Waals surface area contributed by atoms with Crippen molar-refractivity contribution in [2.45, 2.75) is 58.9 Å². The average Bonchev–Trinajstić information content (AvgIpc) is 2.39. The lowest BCUT2D eigenvalue weighted by molar-refractivity contribution is 0.252. The standard InChI is InChI=1S/C17H29N/c1-6-13-18-16(14(3)7-2)17(4,5)15-11-9-8-10-12-15/h8-12,14,16,18H,6-7,13H2,1-5H3. The molecule has 0 amide bonds. The molecule has 0 saturated carbocycles. The highest BCUT2D eigenvalue weighted by Gasteiger charge is 2.33. The van der Waals surface area contributed by atoms with Crippen LogP contribution in [0.2, 0.25) is 0 Å². The van der Waals surface area contributed by atoms with Gasteiger partial charge in [0.05, 0.1) is 0 Å². The molecule has 0 aromatic heterocycles. The minimum atomic E-state index is 0.172. The molecule has 2 unspecified atom stereocenters. The van der Waals surface area contributed by atoms with E-state index in [9.17, 15) is 0 Å². The van der Waals surface area contributed by atoms with Crippen LogP contribution in [-0.2, 0) is 5.41 Å². The molecule has 0 aliphatic carbocycles. The molecule has 0 bridgehead atoms. The van der Waals surface area contributed by atoms with Gasteiger partial charge in [-0.25, -0.2) is 0 Å². The molecule has 2 atom stereocenters. The monoisotopic (exact) mass is 247 g/mol. The lowest BCUT2D eigenvalue weighted by Crippen LogP contribution is -2.49. The third-order valence-corrected chi connectivity index (χ3v) is 4.12. The van der Waals surface area contributed by atoms with Crippen LogP contribution in [0.1, 0.15) is 53.0 Å². The minimum Gasteiger partial charge on any atom is -0.313 e. The third-order valence-electron chi connectivity index (χ3n) is 4.12. The topological polar surface area (TPSA) is 12.0 Å². The lowest BCUT2D eigenvalue weighted by atomic mass is 9.72. The highest BCUT2D eigenvalue weighted by atomic mass is 14.9. The summed E-state index contributed by atoms with van der Waals surface area (Å²) in [5, 5.41) is 3.76. The molecule has 18 heavy (non-hydrogen) atoms. The van der Waals surface area contributed by atoms with Gasteiger partial charge in [-0.05, 0) is 24.4 Å². The first-order chi connectivity index (χ1) is 8.54. The number of nitrogens with one attached hydrogen (secondary N) is 1. The van der Waals surface area contributed by atoms with Gasteiger partial charge in [0.25, 0.3) is 0 Å². The van der Waals surface area contributed by atoms with E-state index in [0.717, 1.165) is 6.54 Å². The second kappa shape index (κ2) is 6.94. The van der Waals surface area contributed by atoms with Gasteiger partial charge >= 0.3 is 0 Å². The van der Waals surface area contributed by atoms with Gasteiger partial charge in [0.15, 0.2) is 0 Å². The van der Waals surface area contributed by atoms with E-state index in [0.29, 0.717) is 12.0 Å².